The molecule has 0 radical (unpaired) electrons. The zero-order chi connectivity index (χ0) is 14.8. The van der Waals surface area contributed by atoms with E-state index in [4.69, 9.17) is 5.73 Å². The second-order valence-corrected chi connectivity index (χ2v) is 6.55. The summed E-state index contributed by atoms with van der Waals surface area (Å²) in [6, 6.07) is 15.1. The van der Waals surface area contributed by atoms with Crippen molar-refractivity contribution in [3.8, 4) is 0 Å². The van der Waals surface area contributed by atoms with E-state index in [2.05, 4.69) is 41.9 Å². The van der Waals surface area contributed by atoms with E-state index in [1.165, 1.54) is 11.6 Å². The van der Waals surface area contributed by atoms with Gasteiger partial charge in [-0.1, -0.05) is 66.2 Å². The largest absolute Gasteiger partial charge is 0.327 e. The van der Waals surface area contributed by atoms with Crippen LogP contribution < -0.4 is 5.73 Å². The van der Waals surface area contributed by atoms with Crippen molar-refractivity contribution in [1.29, 1.82) is 0 Å². The molecule has 2 aromatic rings. The molecule has 0 spiro atoms. The lowest BCUT2D eigenvalue weighted by Crippen LogP contribution is -2.42. The van der Waals surface area contributed by atoms with Crippen LogP contribution in [0.25, 0.3) is 0 Å². The van der Waals surface area contributed by atoms with Crippen molar-refractivity contribution in [1.82, 2.24) is 0 Å². The summed E-state index contributed by atoms with van der Waals surface area (Å²) in [4.78, 5) is 0. The van der Waals surface area contributed by atoms with Gasteiger partial charge in [0, 0.05) is 15.9 Å². The van der Waals surface area contributed by atoms with Gasteiger partial charge in [0.15, 0.2) is 0 Å². The highest BCUT2D eigenvalue weighted by atomic mass is 79.9. The topological polar surface area (TPSA) is 26.0 Å². The molecule has 3 heteroatoms. The van der Waals surface area contributed by atoms with Crippen LogP contribution in [-0.2, 0) is 11.8 Å². The summed E-state index contributed by atoms with van der Waals surface area (Å²) in [7, 11) is 0. The van der Waals surface area contributed by atoms with Gasteiger partial charge in [0.25, 0.3) is 0 Å². The van der Waals surface area contributed by atoms with Gasteiger partial charge in [-0.25, -0.2) is 4.39 Å². The van der Waals surface area contributed by atoms with Gasteiger partial charge in [0.2, 0.25) is 0 Å². The minimum Gasteiger partial charge on any atom is -0.327 e. The first kappa shape index (κ1) is 15.2. The maximum Gasteiger partial charge on any atom is 0.127 e. The van der Waals surface area contributed by atoms with E-state index in [0.717, 1.165) is 4.47 Å². The Morgan fingerprint density at radius 3 is 2.40 bits per heavy atom. The van der Waals surface area contributed by atoms with Crippen molar-refractivity contribution >= 4 is 15.9 Å². The molecule has 0 aromatic heterocycles. The molecule has 0 aliphatic heterocycles. The van der Waals surface area contributed by atoms with E-state index in [-0.39, 0.29) is 17.3 Å². The van der Waals surface area contributed by atoms with E-state index in [0.29, 0.717) is 12.0 Å². The van der Waals surface area contributed by atoms with Crippen molar-refractivity contribution in [2.45, 2.75) is 31.7 Å². The Hall–Kier alpha value is -1.19. The average Bonchev–Trinajstić information content (AvgIpc) is 2.42. The maximum absolute atomic E-state index is 13.9. The van der Waals surface area contributed by atoms with Crippen molar-refractivity contribution < 1.29 is 4.39 Å². The zero-order valence-corrected chi connectivity index (χ0v) is 13.3. The second kappa shape index (κ2) is 6.06. The Morgan fingerprint density at radius 1 is 1.15 bits per heavy atom. The molecule has 1 unspecified atom stereocenters. The molecule has 2 rings (SSSR count). The van der Waals surface area contributed by atoms with E-state index in [1.807, 2.05) is 24.3 Å². The number of hydrogen-bond donors (Lipinski definition) is 1. The standard InChI is InChI=1S/C17H19BrFN/c1-17(2,13-6-4-3-5-7-13)16(20)10-12-8-9-14(18)11-15(12)19/h3-9,11,16H,10,20H2,1-2H3. The summed E-state index contributed by atoms with van der Waals surface area (Å²) in [6.45, 7) is 4.20. The van der Waals surface area contributed by atoms with E-state index in [1.54, 1.807) is 6.07 Å². The molecule has 0 heterocycles. The predicted molar refractivity (Wildman–Crippen MR) is 85.2 cm³/mol. The molecule has 2 N–H and O–H groups in total. The number of benzene rings is 2. The average molecular weight is 336 g/mol. The third-order valence-corrected chi connectivity index (χ3v) is 4.39. The summed E-state index contributed by atoms with van der Waals surface area (Å²) in [5.41, 5.74) is 7.96. The zero-order valence-electron chi connectivity index (χ0n) is 11.7. The van der Waals surface area contributed by atoms with Gasteiger partial charge in [-0.15, -0.1) is 0 Å². The lowest BCUT2D eigenvalue weighted by atomic mass is 9.76. The van der Waals surface area contributed by atoms with Crippen LogP contribution in [0.15, 0.2) is 53.0 Å². The van der Waals surface area contributed by atoms with E-state index < -0.39 is 0 Å². The fraction of sp³-hybridized carbons (Fsp3) is 0.294. The summed E-state index contributed by atoms with van der Waals surface area (Å²) < 4.78 is 14.7. The van der Waals surface area contributed by atoms with E-state index >= 15 is 0 Å². The molecule has 0 amide bonds. The van der Waals surface area contributed by atoms with Crippen LogP contribution in [0.1, 0.15) is 25.0 Å². The van der Waals surface area contributed by atoms with Gasteiger partial charge in [-0.05, 0) is 29.7 Å². The summed E-state index contributed by atoms with van der Waals surface area (Å²) in [5, 5.41) is 0. The SMILES string of the molecule is CC(C)(c1ccccc1)C(N)Cc1ccc(Br)cc1F. The Morgan fingerprint density at radius 2 is 1.80 bits per heavy atom. The Bertz CT molecular complexity index is 581. The first-order chi connectivity index (χ1) is 9.41. The Labute approximate surface area is 128 Å². The summed E-state index contributed by atoms with van der Waals surface area (Å²) in [6.07, 6.45) is 0.515. The van der Waals surface area contributed by atoms with E-state index in [9.17, 15) is 4.39 Å². The highest BCUT2D eigenvalue weighted by Gasteiger charge is 2.29. The van der Waals surface area contributed by atoms with Crippen LogP contribution in [0.3, 0.4) is 0 Å². The lowest BCUT2D eigenvalue weighted by molar-refractivity contribution is 0.402. The van der Waals surface area contributed by atoms with Gasteiger partial charge in [0.1, 0.15) is 5.82 Å². The van der Waals surface area contributed by atoms with Gasteiger partial charge >= 0.3 is 0 Å². The molecule has 0 saturated carbocycles. The Balaban J connectivity index is 2.21. The fourth-order valence-corrected chi connectivity index (χ4v) is 2.59. The van der Waals surface area contributed by atoms with Crippen molar-refractivity contribution in [3.05, 3.63) is 69.9 Å². The first-order valence-electron chi connectivity index (χ1n) is 6.66. The smallest absolute Gasteiger partial charge is 0.127 e. The summed E-state index contributed by atoms with van der Waals surface area (Å²) >= 11 is 3.27. The number of halogens is 2. The van der Waals surface area contributed by atoms with Crippen molar-refractivity contribution in [2.24, 2.45) is 5.73 Å². The monoisotopic (exact) mass is 335 g/mol. The summed E-state index contributed by atoms with van der Waals surface area (Å²) in [5.74, 6) is -0.210. The van der Waals surface area contributed by atoms with Crippen LogP contribution in [0.2, 0.25) is 0 Å². The van der Waals surface area contributed by atoms with Crippen molar-refractivity contribution in [2.75, 3.05) is 0 Å². The fourth-order valence-electron chi connectivity index (χ4n) is 2.26. The number of nitrogens with two attached hydrogens (primary N) is 1. The third kappa shape index (κ3) is 3.28. The molecule has 0 bridgehead atoms. The lowest BCUT2D eigenvalue weighted by Gasteiger charge is -2.32. The minimum absolute atomic E-state index is 0.152. The van der Waals surface area contributed by atoms with Crippen LogP contribution in [0, 0.1) is 5.82 Å². The molecular formula is C17H19BrFN. The number of rotatable bonds is 4. The molecule has 0 aliphatic rings. The minimum atomic E-state index is -0.210. The van der Waals surface area contributed by atoms with Gasteiger partial charge in [-0.2, -0.15) is 0 Å². The van der Waals surface area contributed by atoms with Crippen LogP contribution in [0.4, 0.5) is 4.39 Å². The van der Waals surface area contributed by atoms with Crippen LogP contribution in [0.5, 0.6) is 0 Å². The van der Waals surface area contributed by atoms with Crippen molar-refractivity contribution in [3.63, 3.8) is 0 Å². The Kier molecular flexibility index (Phi) is 4.61. The molecule has 0 aliphatic carbocycles. The molecule has 2 aromatic carbocycles. The molecule has 0 saturated heterocycles. The molecule has 20 heavy (non-hydrogen) atoms. The maximum atomic E-state index is 13.9. The van der Waals surface area contributed by atoms with Crippen LogP contribution >= 0.6 is 15.9 Å². The molecule has 1 nitrogen and oxygen atoms in total. The van der Waals surface area contributed by atoms with Gasteiger partial charge in [-0.3, -0.25) is 0 Å². The van der Waals surface area contributed by atoms with Gasteiger partial charge in [0.05, 0.1) is 0 Å². The number of hydrogen-bond acceptors (Lipinski definition) is 1. The first-order valence-corrected chi connectivity index (χ1v) is 7.45. The predicted octanol–water partition coefficient (Wildman–Crippen LogP) is 4.44. The molecule has 0 fully saturated rings. The normalized spacial score (nSPS) is 13.2. The molecular weight excluding hydrogens is 317 g/mol. The highest BCUT2D eigenvalue weighted by molar-refractivity contribution is 9.10. The quantitative estimate of drug-likeness (QED) is 0.878. The van der Waals surface area contributed by atoms with Crippen LogP contribution in [-0.4, -0.2) is 6.04 Å². The molecule has 1 atom stereocenters. The second-order valence-electron chi connectivity index (χ2n) is 5.63. The highest BCUT2D eigenvalue weighted by Crippen LogP contribution is 2.28. The molecule has 106 valence electrons. The van der Waals surface area contributed by atoms with Gasteiger partial charge < -0.3 is 5.73 Å². The third-order valence-electron chi connectivity index (χ3n) is 3.90.